The van der Waals surface area contributed by atoms with E-state index < -0.39 is 0 Å². The molecule has 4 nitrogen and oxygen atoms in total. The fourth-order valence-electron chi connectivity index (χ4n) is 2.07. The first-order valence-corrected chi connectivity index (χ1v) is 6.71. The van der Waals surface area contributed by atoms with Crippen molar-refractivity contribution in [3.8, 4) is 5.75 Å². The molecule has 1 aliphatic rings. The highest BCUT2D eigenvalue weighted by Gasteiger charge is 2.13. The van der Waals surface area contributed by atoms with E-state index in [2.05, 4.69) is 15.7 Å². The number of hydrogen-bond acceptors (Lipinski definition) is 5. The summed E-state index contributed by atoms with van der Waals surface area (Å²) in [5.41, 5.74) is 2.90. The normalized spacial score (nSPS) is 13.1. The average Bonchev–Trinajstić information content (AvgIpc) is 3.05. The molecule has 1 aliphatic heterocycles. The molecule has 0 fully saturated rings. The molecule has 0 amide bonds. The molecule has 0 unspecified atom stereocenters. The van der Waals surface area contributed by atoms with Crippen LogP contribution < -0.4 is 4.74 Å². The number of nitrogens with zero attached hydrogens (tertiary/aromatic N) is 2. The van der Waals surface area contributed by atoms with E-state index in [9.17, 15) is 4.79 Å². The second-order valence-electron chi connectivity index (χ2n) is 4.25. The van der Waals surface area contributed by atoms with Gasteiger partial charge in [0.1, 0.15) is 11.4 Å². The molecule has 0 radical (unpaired) electrons. The minimum atomic E-state index is 0.0560. The largest absolute Gasteiger partial charge is 0.493 e. The number of fused-ring (bicyclic) bond motifs is 1. The number of hydrogen-bond donors (Lipinski definition) is 0. The maximum atomic E-state index is 11.8. The molecule has 0 atom stereocenters. The van der Waals surface area contributed by atoms with E-state index in [1.54, 1.807) is 5.38 Å². The van der Waals surface area contributed by atoms with Gasteiger partial charge in [0.15, 0.2) is 5.78 Å². The molecule has 2 aromatic rings. The Kier molecular flexibility index (Phi) is 3.06. The molecule has 2 heterocycles. The monoisotopic (exact) mass is 260 g/mol. The zero-order chi connectivity index (χ0) is 12.4. The molecule has 1 aromatic heterocycles. The fourth-order valence-corrected chi connectivity index (χ4v) is 2.53. The molecular weight excluding hydrogens is 248 g/mol. The van der Waals surface area contributed by atoms with Gasteiger partial charge in [-0.3, -0.25) is 4.79 Å². The van der Waals surface area contributed by atoms with E-state index in [1.807, 2.05) is 12.1 Å². The van der Waals surface area contributed by atoms with Gasteiger partial charge < -0.3 is 4.74 Å². The number of carbonyl (C=O) groups is 1. The molecule has 3 rings (SSSR count). The van der Waals surface area contributed by atoms with Gasteiger partial charge in [0.25, 0.3) is 0 Å². The van der Waals surface area contributed by atoms with Crippen LogP contribution >= 0.6 is 11.5 Å². The highest BCUT2D eigenvalue weighted by Crippen LogP contribution is 2.26. The Labute approximate surface area is 109 Å². The number of aryl methyl sites for hydroxylation is 1. The van der Waals surface area contributed by atoms with Crippen molar-refractivity contribution < 1.29 is 9.53 Å². The Morgan fingerprint density at radius 3 is 3.22 bits per heavy atom. The highest BCUT2D eigenvalue weighted by atomic mass is 32.1. The fraction of sp³-hybridized carbons (Fsp3) is 0.308. The van der Waals surface area contributed by atoms with Crippen molar-refractivity contribution in [2.24, 2.45) is 0 Å². The molecular formula is C13H12N2O2S. The van der Waals surface area contributed by atoms with Crippen molar-refractivity contribution >= 4 is 17.3 Å². The summed E-state index contributed by atoms with van der Waals surface area (Å²) in [6.07, 6.45) is 2.18. The van der Waals surface area contributed by atoms with Gasteiger partial charge in [0.2, 0.25) is 0 Å². The second kappa shape index (κ2) is 4.86. The van der Waals surface area contributed by atoms with E-state index in [-0.39, 0.29) is 5.78 Å². The average molecular weight is 260 g/mol. The van der Waals surface area contributed by atoms with E-state index >= 15 is 0 Å². The molecule has 92 valence electrons. The van der Waals surface area contributed by atoms with Gasteiger partial charge >= 0.3 is 0 Å². The molecule has 0 saturated carbocycles. The Bertz CT molecular complexity index is 566. The van der Waals surface area contributed by atoms with Crippen molar-refractivity contribution in [1.82, 2.24) is 9.59 Å². The van der Waals surface area contributed by atoms with Gasteiger partial charge in [-0.15, -0.1) is 5.10 Å². The highest BCUT2D eigenvalue weighted by molar-refractivity contribution is 7.03. The van der Waals surface area contributed by atoms with Crippen molar-refractivity contribution in [3.05, 3.63) is 40.4 Å². The van der Waals surface area contributed by atoms with Gasteiger partial charge in [-0.2, -0.15) is 0 Å². The van der Waals surface area contributed by atoms with Crippen molar-refractivity contribution in [2.75, 3.05) is 6.61 Å². The number of benzene rings is 1. The smallest absolute Gasteiger partial charge is 0.184 e. The molecule has 18 heavy (non-hydrogen) atoms. The number of ether oxygens (including phenoxy) is 1. The third-order valence-electron chi connectivity index (χ3n) is 3.04. The van der Waals surface area contributed by atoms with Crippen molar-refractivity contribution in [2.45, 2.75) is 19.3 Å². The van der Waals surface area contributed by atoms with Crippen molar-refractivity contribution in [1.29, 1.82) is 0 Å². The first kappa shape index (κ1) is 11.3. The first-order valence-electron chi connectivity index (χ1n) is 5.88. The topological polar surface area (TPSA) is 52.1 Å². The lowest BCUT2D eigenvalue weighted by Crippen LogP contribution is -2.01. The maximum Gasteiger partial charge on any atom is 0.184 e. The Balaban J connectivity index is 1.65. The van der Waals surface area contributed by atoms with E-state index in [0.29, 0.717) is 12.1 Å². The van der Waals surface area contributed by atoms with Crippen molar-refractivity contribution in [3.63, 3.8) is 0 Å². The molecule has 0 bridgehead atoms. The van der Waals surface area contributed by atoms with Crippen LogP contribution in [0.4, 0.5) is 0 Å². The lowest BCUT2D eigenvalue weighted by Gasteiger charge is -2.03. The molecule has 0 saturated heterocycles. The second-order valence-corrected chi connectivity index (χ2v) is 4.86. The van der Waals surface area contributed by atoms with Crippen LogP contribution in [0.5, 0.6) is 5.75 Å². The number of aromatic nitrogens is 2. The minimum absolute atomic E-state index is 0.0560. The Morgan fingerprint density at radius 2 is 2.39 bits per heavy atom. The zero-order valence-electron chi connectivity index (χ0n) is 9.76. The predicted octanol–water partition coefficient (Wildman–Crippen LogP) is 2.29. The summed E-state index contributed by atoms with van der Waals surface area (Å²) in [6, 6.07) is 6.15. The van der Waals surface area contributed by atoms with Gasteiger partial charge in [0.05, 0.1) is 6.61 Å². The van der Waals surface area contributed by atoms with Crippen LogP contribution in [-0.4, -0.2) is 22.0 Å². The SMILES string of the molecule is O=C(CCc1ccc2c(c1)CCO2)c1csnn1. The molecule has 0 spiro atoms. The first-order chi connectivity index (χ1) is 8.83. The third kappa shape index (κ3) is 2.26. The zero-order valence-corrected chi connectivity index (χ0v) is 10.6. The van der Waals surface area contributed by atoms with Crippen LogP contribution in [0.25, 0.3) is 0 Å². The van der Waals surface area contributed by atoms with Gasteiger partial charge in [-0.05, 0) is 35.1 Å². The molecule has 0 aliphatic carbocycles. The van der Waals surface area contributed by atoms with Crippen LogP contribution in [0.2, 0.25) is 0 Å². The predicted molar refractivity (Wildman–Crippen MR) is 68.2 cm³/mol. The van der Waals surface area contributed by atoms with Crippen LogP contribution in [0.1, 0.15) is 28.0 Å². The Hall–Kier alpha value is -1.75. The summed E-state index contributed by atoms with van der Waals surface area (Å²) in [7, 11) is 0. The standard InChI is InChI=1S/C13H12N2O2S/c16-12(11-8-18-15-14-11)3-1-9-2-4-13-10(7-9)5-6-17-13/h2,4,7-8H,1,3,5-6H2. The summed E-state index contributed by atoms with van der Waals surface area (Å²) in [4.78, 5) is 11.8. The molecule has 5 heteroatoms. The quantitative estimate of drug-likeness (QED) is 0.791. The Morgan fingerprint density at radius 1 is 1.44 bits per heavy atom. The minimum Gasteiger partial charge on any atom is -0.493 e. The van der Waals surface area contributed by atoms with Crippen LogP contribution in [0.15, 0.2) is 23.6 Å². The summed E-state index contributed by atoms with van der Waals surface area (Å²) in [6.45, 7) is 0.766. The number of Topliss-reactive ketones (excluding diaryl/α,β-unsaturated/α-hetero) is 1. The van der Waals surface area contributed by atoms with Crippen LogP contribution in [0, 0.1) is 0 Å². The lowest BCUT2D eigenvalue weighted by atomic mass is 10.0. The van der Waals surface area contributed by atoms with E-state index in [1.165, 1.54) is 22.7 Å². The molecule has 1 aromatic carbocycles. The van der Waals surface area contributed by atoms with E-state index in [0.717, 1.165) is 25.2 Å². The molecule has 0 N–H and O–H groups in total. The summed E-state index contributed by atoms with van der Waals surface area (Å²) in [5.74, 6) is 1.04. The van der Waals surface area contributed by atoms with Gasteiger partial charge in [-0.25, -0.2) is 0 Å². The maximum absolute atomic E-state index is 11.8. The van der Waals surface area contributed by atoms with Gasteiger partial charge in [-0.1, -0.05) is 16.6 Å². The third-order valence-corrected chi connectivity index (χ3v) is 3.54. The number of ketones is 1. The van der Waals surface area contributed by atoms with Crippen LogP contribution in [-0.2, 0) is 12.8 Å². The van der Waals surface area contributed by atoms with Gasteiger partial charge in [0, 0.05) is 18.2 Å². The summed E-state index contributed by atoms with van der Waals surface area (Å²) in [5, 5.41) is 5.48. The summed E-state index contributed by atoms with van der Waals surface area (Å²) < 4.78 is 9.15. The lowest BCUT2D eigenvalue weighted by molar-refractivity contribution is 0.0978. The van der Waals surface area contributed by atoms with E-state index in [4.69, 9.17) is 4.74 Å². The number of carbonyl (C=O) groups excluding carboxylic acids is 1. The van der Waals surface area contributed by atoms with Crippen LogP contribution in [0.3, 0.4) is 0 Å². The number of rotatable bonds is 4. The summed E-state index contributed by atoms with van der Waals surface area (Å²) >= 11 is 1.21.